The molecule has 8 heteroatoms. The number of ether oxygens (including phenoxy) is 1. The molecule has 0 fully saturated rings. The van der Waals surface area contributed by atoms with Gasteiger partial charge in [0.25, 0.3) is 0 Å². The molecule has 0 aliphatic carbocycles. The van der Waals surface area contributed by atoms with Crippen LogP contribution in [0.4, 0.5) is 8.78 Å². The van der Waals surface area contributed by atoms with E-state index in [0.717, 1.165) is 16.6 Å². The summed E-state index contributed by atoms with van der Waals surface area (Å²) in [7, 11) is -2.65. The lowest BCUT2D eigenvalue weighted by Crippen LogP contribution is -2.24. The van der Waals surface area contributed by atoms with E-state index in [0.29, 0.717) is 17.4 Å². The number of benzene rings is 2. The third kappa shape index (κ3) is 3.82. The average molecular weight is 392 g/mol. The third-order valence-corrected chi connectivity index (χ3v) is 4.81. The molecule has 0 aliphatic heterocycles. The average Bonchev–Trinajstić information content (AvgIpc) is 2.45. The minimum absolute atomic E-state index is 0.0955. The standard InChI is InChI=1S/C14H12BrF2NO3S/c1-21-13-4-2-10(15)6-9(13)8-18-22(19,20)14-5-3-11(16)7-12(14)17/h2-7,18H,8H2,1H3. The number of sulfonamides is 1. The van der Waals surface area contributed by atoms with E-state index in [-0.39, 0.29) is 6.54 Å². The summed E-state index contributed by atoms with van der Waals surface area (Å²) in [5.41, 5.74) is 0.572. The van der Waals surface area contributed by atoms with Gasteiger partial charge in [0.1, 0.15) is 22.3 Å². The van der Waals surface area contributed by atoms with E-state index in [4.69, 9.17) is 4.74 Å². The van der Waals surface area contributed by atoms with Gasteiger partial charge in [-0.25, -0.2) is 21.9 Å². The van der Waals surface area contributed by atoms with Crippen molar-refractivity contribution < 1.29 is 21.9 Å². The maximum absolute atomic E-state index is 13.6. The van der Waals surface area contributed by atoms with Crippen molar-refractivity contribution in [1.82, 2.24) is 4.72 Å². The van der Waals surface area contributed by atoms with E-state index in [1.807, 2.05) is 0 Å². The van der Waals surface area contributed by atoms with Crippen LogP contribution in [-0.4, -0.2) is 15.5 Å². The Bertz CT molecular complexity index is 797. The van der Waals surface area contributed by atoms with Crippen molar-refractivity contribution in [3.63, 3.8) is 0 Å². The summed E-state index contributed by atoms with van der Waals surface area (Å²) < 4.78 is 58.8. The number of rotatable bonds is 5. The van der Waals surface area contributed by atoms with E-state index < -0.39 is 26.6 Å². The zero-order valence-electron chi connectivity index (χ0n) is 11.4. The second-order valence-corrected chi connectivity index (χ2v) is 7.01. The third-order valence-electron chi connectivity index (χ3n) is 2.88. The number of nitrogens with one attached hydrogen (secondary N) is 1. The van der Waals surface area contributed by atoms with Crippen LogP contribution in [-0.2, 0) is 16.6 Å². The molecule has 0 bridgehead atoms. The van der Waals surface area contributed by atoms with Crippen molar-refractivity contribution >= 4 is 26.0 Å². The van der Waals surface area contributed by atoms with Gasteiger partial charge in [-0.1, -0.05) is 15.9 Å². The summed E-state index contributed by atoms with van der Waals surface area (Å²) in [6, 6.07) is 7.39. The number of hydrogen-bond donors (Lipinski definition) is 1. The SMILES string of the molecule is COc1ccc(Br)cc1CNS(=O)(=O)c1ccc(F)cc1F. The first-order valence-corrected chi connectivity index (χ1v) is 8.38. The molecule has 0 heterocycles. The second kappa shape index (κ2) is 6.72. The number of methoxy groups -OCH3 is 1. The monoisotopic (exact) mass is 391 g/mol. The summed E-state index contributed by atoms with van der Waals surface area (Å²) in [5, 5.41) is 0. The van der Waals surface area contributed by atoms with Crippen molar-refractivity contribution in [3.8, 4) is 5.75 Å². The van der Waals surface area contributed by atoms with Crippen molar-refractivity contribution in [2.75, 3.05) is 7.11 Å². The van der Waals surface area contributed by atoms with Crippen molar-refractivity contribution in [2.24, 2.45) is 0 Å². The zero-order chi connectivity index (χ0) is 16.3. The van der Waals surface area contributed by atoms with E-state index in [2.05, 4.69) is 20.7 Å². The smallest absolute Gasteiger partial charge is 0.243 e. The molecular formula is C14H12BrF2NO3S. The molecule has 1 N–H and O–H groups in total. The van der Waals surface area contributed by atoms with Gasteiger partial charge in [-0.2, -0.15) is 0 Å². The molecule has 0 unspecified atom stereocenters. The van der Waals surface area contributed by atoms with E-state index in [1.165, 1.54) is 7.11 Å². The first-order valence-electron chi connectivity index (χ1n) is 6.10. The lowest BCUT2D eigenvalue weighted by atomic mass is 10.2. The largest absolute Gasteiger partial charge is 0.496 e. The minimum Gasteiger partial charge on any atom is -0.496 e. The molecule has 0 amide bonds. The van der Waals surface area contributed by atoms with E-state index >= 15 is 0 Å². The van der Waals surface area contributed by atoms with Gasteiger partial charge in [0.2, 0.25) is 10.0 Å². The Balaban J connectivity index is 2.25. The maximum atomic E-state index is 13.6. The summed E-state index contributed by atoms with van der Waals surface area (Å²) in [6.07, 6.45) is 0. The van der Waals surface area contributed by atoms with Gasteiger partial charge in [-0.3, -0.25) is 0 Å². The van der Waals surface area contributed by atoms with Crippen molar-refractivity contribution in [2.45, 2.75) is 11.4 Å². The fourth-order valence-corrected chi connectivity index (χ4v) is 3.30. The quantitative estimate of drug-likeness (QED) is 0.851. The zero-order valence-corrected chi connectivity index (χ0v) is 13.8. The van der Waals surface area contributed by atoms with Crippen molar-refractivity contribution in [1.29, 1.82) is 0 Å². The van der Waals surface area contributed by atoms with Crippen LogP contribution in [0, 0.1) is 11.6 Å². The molecule has 0 atom stereocenters. The van der Waals surface area contributed by atoms with Gasteiger partial charge in [0.15, 0.2) is 0 Å². The van der Waals surface area contributed by atoms with Gasteiger partial charge in [-0.05, 0) is 30.3 Å². The Morgan fingerprint density at radius 1 is 1.18 bits per heavy atom. The van der Waals surface area contributed by atoms with Crippen LogP contribution >= 0.6 is 15.9 Å². The molecule has 2 aromatic carbocycles. The number of hydrogen-bond acceptors (Lipinski definition) is 3. The minimum atomic E-state index is -4.11. The van der Waals surface area contributed by atoms with Gasteiger partial charge in [0.05, 0.1) is 7.11 Å². The Morgan fingerprint density at radius 3 is 2.55 bits per heavy atom. The molecule has 0 aliphatic rings. The Kier molecular flexibility index (Phi) is 5.15. The Labute approximate surface area is 135 Å². The van der Waals surface area contributed by atoms with Crippen LogP contribution in [0.3, 0.4) is 0 Å². The highest BCUT2D eigenvalue weighted by molar-refractivity contribution is 9.10. The van der Waals surface area contributed by atoms with Crippen LogP contribution in [0.2, 0.25) is 0 Å². The lowest BCUT2D eigenvalue weighted by Gasteiger charge is -2.11. The molecule has 0 spiro atoms. The molecular weight excluding hydrogens is 380 g/mol. The maximum Gasteiger partial charge on any atom is 0.243 e. The molecule has 22 heavy (non-hydrogen) atoms. The molecule has 0 aromatic heterocycles. The topological polar surface area (TPSA) is 55.4 Å². The molecule has 118 valence electrons. The predicted octanol–water partition coefficient (Wildman–Crippen LogP) is 3.21. The van der Waals surface area contributed by atoms with Crippen LogP contribution in [0.15, 0.2) is 45.8 Å². The molecule has 0 radical (unpaired) electrons. The first kappa shape index (κ1) is 16.9. The van der Waals surface area contributed by atoms with Crippen LogP contribution in [0.25, 0.3) is 0 Å². The van der Waals surface area contributed by atoms with Gasteiger partial charge >= 0.3 is 0 Å². The molecule has 2 aromatic rings. The van der Waals surface area contributed by atoms with Gasteiger partial charge in [0, 0.05) is 22.6 Å². The van der Waals surface area contributed by atoms with Crippen LogP contribution in [0.5, 0.6) is 5.75 Å². The molecule has 4 nitrogen and oxygen atoms in total. The predicted molar refractivity (Wildman–Crippen MR) is 81.1 cm³/mol. The highest BCUT2D eigenvalue weighted by Gasteiger charge is 2.20. The summed E-state index contributed by atoms with van der Waals surface area (Å²) in [5.74, 6) is -1.50. The Hall–Kier alpha value is -1.51. The molecule has 0 saturated carbocycles. The summed E-state index contributed by atoms with van der Waals surface area (Å²) >= 11 is 3.28. The van der Waals surface area contributed by atoms with Crippen LogP contribution in [0.1, 0.15) is 5.56 Å². The normalized spacial score (nSPS) is 11.5. The highest BCUT2D eigenvalue weighted by atomic mass is 79.9. The van der Waals surface area contributed by atoms with Crippen LogP contribution < -0.4 is 9.46 Å². The number of halogens is 3. The highest BCUT2D eigenvalue weighted by Crippen LogP contribution is 2.23. The summed E-state index contributed by atoms with van der Waals surface area (Å²) in [4.78, 5) is -0.608. The lowest BCUT2D eigenvalue weighted by molar-refractivity contribution is 0.409. The van der Waals surface area contributed by atoms with Gasteiger partial charge < -0.3 is 4.74 Å². The first-order chi connectivity index (χ1) is 10.3. The molecule has 2 rings (SSSR count). The summed E-state index contributed by atoms with van der Waals surface area (Å²) in [6.45, 7) is -0.0955. The second-order valence-electron chi connectivity index (χ2n) is 4.36. The van der Waals surface area contributed by atoms with E-state index in [1.54, 1.807) is 18.2 Å². The fraction of sp³-hybridized carbons (Fsp3) is 0.143. The van der Waals surface area contributed by atoms with E-state index in [9.17, 15) is 17.2 Å². The Morgan fingerprint density at radius 2 is 1.91 bits per heavy atom. The van der Waals surface area contributed by atoms with Crippen molar-refractivity contribution in [3.05, 3.63) is 58.1 Å². The van der Waals surface area contributed by atoms with Gasteiger partial charge in [-0.15, -0.1) is 0 Å². The molecule has 0 saturated heterocycles. The fourth-order valence-electron chi connectivity index (χ4n) is 1.83.